The Bertz CT molecular complexity index is 5690. The van der Waals surface area contributed by atoms with Crippen LogP contribution in [-0.2, 0) is 13.1 Å². The first kappa shape index (κ1) is 111. The van der Waals surface area contributed by atoms with Crippen LogP contribution >= 0.6 is 0 Å². The minimum Gasteiger partial charge on any atom is -0.504 e. The Kier molecular flexibility index (Phi) is 45.5. The van der Waals surface area contributed by atoms with Crippen molar-refractivity contribution in [2.75, 3.05) is 97.5 Å². The van der Waals surface area contributed by atoms with Crippen LogP contribution in [0.2, 0.25) is 0 Å². The van der Waals surface area contributed by atoms with E-state index in [1.165, 1.54) is 174 Å². The lowest BCUT2D eigenvalue weighted by Gasteiger charge is -2.26. The summed E-state index contributed by atoms with van der Waals surface area (Å²) >= 11 is 0. The van der Waals surface area contributed by atoms with Crippen molar-refractivity contribution >= 4 is 129 Å². The van der Waals surface area contributed by atoms with Crippen molar-refractivity contribution in [2.45, 2.75) is 13.1 Å². The van der Waals surface area contributed by atoms with Gasteiger partial charge in [-0.1, -0.05) is 12.1 Å². The van der Waals surface area contributed by atoms with Gasteiger partial charge in [-0.25, -0.2) is 15.0 Å². The number of aromatic hydroxyl groups is 16. The maximum absolute atomic E-state index is 9.38. The van der Waals surface area contributed by atoms with Crippen LogP contribution in [0.4, 0.5) is 34.1 Å². The van der Waals surface area contributed by atoms with Crippen molar-refractivity contribution in [1.29, 1.82) is 21.6 Å². The fourth-order valence-electron chi connectivity index (χ4n) is 8.55. The van der Waals surface area contributed by atoms with Crippen molar-refractivity contribution in [3.05, 3.63) is 157 Å². The molecule has 0 unspecified atom stereocenters. The van der Waals surface area contributed by atoms with E-state index in [-0.39, 0.29) is 194 Å². The Morgan fingerprint density at radius 1 is 0.316 bits per heavy atom. The maximum atomic E-state index is 9.38. The Balaban J connectivity index is 0.000000760. The molecule has 8 rings (SSSR count). The summed E-state index contributed by atoms with van der Waals surface area (Å²) in [4.78, 5) is 55.0. The normalized spacial score (nSPS) is 11.3. The number of anilines is 4. The number of hydrogen-bond acceptors (Lipinski definition) is 26. The second-order valence-electron chi connectivity index (χ2n) is 26.2. The molecule has 0 saturated carbocycles. The van der Waals surface area contributed by atoms with Gasteiger partial charge in [0.05, 0.1) is 17.9 Å². The smallest absolute Gasteiger partial charge is 0.227 e. The van der Waals surface area contributed by atoms with Crippen LogP contribution in [0.3, 0.4) is 0 Å². The highest BCUT2D eigenvalue weighted by molar-refractivity contribution is 6.05. The lowest BCUT2D eigenvalue weighted by molar-refractivity contribution is 0.401. The number of nitrogens with two attached hydrogens (primary N) is 16. The van der Waals surface area contributed by atoms with Gasteiger partial charge in [0.2, 0.25) is 59.6 Å². The van der Waals surface area contributed by atoms with Gasteiger partial charge in [0.15, 0.2) is 128 Å². The molecule has 0 aliphatic heterocycles. The maximum Gasteiger partial charge on any atom is 0.227 e. The number of nitrogens with one attached hydrogen (secondary N) is 5. The van der Waals surface area contributed by atoms with Gasteiger partial charge < -0.3 is 203 Å². The van der Waals surface area contributed by atoms with Crippen molar-refractivity contribution < 1.29 is 81.7 Å². The third kappa shape index (κ3) is 40.8. The van der Waals surface area contributed by atoms with Crippen LogP contribution in [0.25, 0.3) is 0 Å². The molecule has 0 aliphatic carbocycles. The van der Waals surface area contributed by atoms with Crippen LogP contribution in [0.5, 0.6) is 92.0 Å². The van der Waals surface area contributed by atoms with Gasteiger partial charge >= 0.3 is 0 Å². The van der Waals surface area contributed by atoms with Gasteiger partial charge in [-0.15, -0.1) is 0 Å². The van der Waals surface area contributed by atoms with E-state index in [1.807, 2.05) is 0 Å². The number of rotatable bonds is 10. The summed E-state index contributed by atoms with van der Waals surface area (Å²) < 4.78 is 0. The van der Waals surface area contributed by atoms with Gasteiger partial charge in [0.25, 0.3) is 0 Å². The number of nitrogens with zero attached hydrogens (tertiary/aromatic N) is 19. The first-order valence-electron chi connectivity index (χ1n) is 37.0. The molecule has 56 nitrogen and oxygen atoms in total. The molecule has 0 saturated heterocycles. The quantitative estimate of drug-likeness (QED) is 0.0316. The molecular formula is C77H114N40O16. The molecule has 0 fully saturated rings. The molecule has 53 N–H and O–H groups in total. The van der Waals surface area contributed by atoms with Crippen molar-refractivity contribution in [3.63, 3.8) is 0 Å². The van der Waals surface area contributed by atoms with E-state index in [0.29, 0.717) is 46.2 Å². The highest BCUT2D eigenvalue weighted by atomic mass is 16.3. The first-order chi connectivity index (χ1) is 62.0. The van der Waals surface area contributed by atoms with Crippen molar-refractivity contribution in [3.8, 4) is 92.0 Å². The molecule has 0 amide bonds. The zero-order valence-electron chi connectivity index (χ0n) is 73.7. The van der Waals surface area contributed by atoms with Crippen molar-refractivity contribution in [2.24, 2.45) is 152 Å². The number of hydrogen-bond donors (Lipinski definition) is 37. The van der Waals surface area contributed by atoms with Gasteiger partial charge in [-0.2, -0.15) is 30.0 Å². The van der Waals surface area contributed by atoms with Crippen LogP contribution in [0.15, 0.2) is 206 Å². The molecule has 8 aromatic carbocycles. The molecule has 0 aromatic heterocycles. The zero-order chi connectivity index (χ0) is 102. The Hall–Kier alpha value is -19.5. The summed E-state index contributed by atoms with van der Waals surface area (Å²) in [5.41, 5.74) is 89.7. The third-order valence-corrected chi connectivity index (χ3v) is 15.8. The summed E-state index contributed by atoms with van der Waals surface area (Å²) in [6, 6.07) is 33.8. The van der Waals surface area contributed by atoms with E-state index in [2.05, 4.69) is 65.2 Å². The zero-order valence-corrected chi connectivity index (χ0v) is 73.7. The lowest BCUT2D eigenvalue weighted by atomic mass is 10.2. The average molecular weight is 1860 g/mol. The summed E-state index contributed by atoms with van der Waals surface area (Å²) in [7, 11) is 17.5. The van der Waals surface area contributed by atoms with Gasteiger partial charge in [-0.05, 0) is 108 Å². The van der Waals surface area contributed by atoms with Crippen LogP contribution in [-0.4, -0.2) is 274 Å². The van der Waals surface area contributed by atoms with Crippen LogP contribution < -0.4 is 112 Å². The molecule has 56 heteroatoms. The van der Waals surface area contributed by atoms with Gasteiger partial charge in [0.1, 0.15) is 0 Å². The van der Waals surface area contributed by atoms with E-state index in [4.69, 9.17) is 139 Å². The van der Waals surface area contributed by atoms with E-state index < -0.39 is 0 Å². The van der Waals surface area contributed by atoms with Gasteiger partial charge in [0, 0.05) is 143 Å². The predicted octanol–water partition coefficient (Wildman–Crippen LogP) is -1.64. The molecular weight excluding hydrogens is 1740 g/mol. The number of phenolic OH excluding ortho intramolecular Hbond substituents is 16. The van der Waals surface area contributed by atoms with E-state index in [0.717, 1.165) is 5.56 Å². The molecule has 0 atom stereocenters. The second kappa shape index (κ2) is 54.3. The number of phenols is 16. The molecule has 8 aromatic rings. The standard InChI is InChI=1S/5C10H15N5O2.3C9H13N5O2/c1-15(2)10(12)14-9(11)13-6-3-4-7(16)8(17)5-6;1-13-9(11)14-10(12)15(2)6-3-4-7(16)8(17)5-6;1-14(10(13)15(2)9(11)12)6-3-4-7(16)8(17)5-6;1-13-10(14-9(11)12)15(2)6-3-4-7(16)8(17)5-6;1-15(10(13)14-9(11)12)5-6-2-3-7(16)8(17)4-6;1-12-8(10)14-9(11)13-5-2-3-6(15)7(16)4-5;1-14(8(10)11)9(12)13-5-2-3-6(15)7(16)4-5;10-8(11)14-9(12)13-4-5-1-2-6(15)7(16)3-5/h2*3-5,16-17H,1-2H3,(H4,11,12,13,14);3-5,13,16-17H,1-2H3,(H3,11,12);3-5,16-17H,1-2H3,(H4,11,12,13,14);2-4,16-17H,5H2,1H3,(H5,11,12,13,14);2-4,15-16H,1H3,(H5,10,11,12,13,14);2-4,15-16H,1H3,(H3,10,11)(H2,12,13);1-3,15-16H,4H2,(H6,10,11,12,13,14). The molecule has 0 heterocycles. The minimum absolute atomic E-state index is 0.0117. The second-order valence-corrected chi connectivity index (χ2v) is 26.2. The SMILES string of the molecule is CN(C(=N)N)C(=N)N(C)c1ccc(O)c(O)c1.CN(C(=N)N)C(N)=Nc1ccc(O)c(O)c1.CN(C)C(N)=NC(N)=Nc1ccc(O)c(O)c1.CN(Cc1ccc(O)c(O)c1)C(=N)N=C(N)N.CN=C(N)N=C(N)N(C)c1ccc(O)c(O)c1.CN=C(N)N=C(N)Nc1ccc(O)c(O)c1.CN=C(N=C(N)N)N(C)c1ccc(O)c(O)c1.NC(N)=NC(N)=NCc1ccc(O)c(O)c1. The fourth-order valence-corrected chi connectivity index (χ4v) is 8.55. The average Bonchev–Trinajstić information content (AvgIpc) is 0.850. The fraction of sp³-hybridized carbons (Fsp3) is 0.169. The first-order valence-corrected chi connectivity index (χ1v) is 37.0. The van der Waals surface area contributed by atoms with E-state index in [9.17, 15) is 56.2 Å². The number of benzene rings is 8. The molecule has 718 valence electrons. The lowest BCUT2D eigenvalue weighted by Crippen LogP contribution is -2.45. The topological polar surface area (TPSA) is 1020 Å². The Morgan fingerprint density at radius 2 is 0.677 bits per heavy atom. The van der Waals surface area contributed by atoms with Crippen LogP contribution in [0, 0.1) is 21.6 Å². The highest BCUT2D eigenvalue weighted by Gasteiger charge is 2.18. The van der Waals surface area contributed by atoms with Gasteiger partial charge in [-0.3, -0.25) is 46.4 Å². The summed E-state index contributed by atoms with van der Waals surface area (Å²) in [5, 5.41) is 180. The summed E-state index contributed by atoms with van der Waals surface area (Å²) in [6.07, 6.45) is 0. The minimum atomic E-state index is -0.292. The van der Waals surface area contributed by atoms with E-state index >= 15 is 0 Å². The molecule has 133 heavy (non-hydrogen) atoms. The molecule has 0 aliphatic rings. The van der Waals surface area contributed by atoms with Crippen LogP contribution in [0.1, 0.15) is 11.1 Å². The predicted molar refractivity (Wildman–Crippen MR) is 516 cm³/mol. The molecule has 0 radical (unpaired) electrons. The number of guanidine groups is 16. The third-order valence-electron chi connectivity index (χ3n) is 15.8. The Labute approximate surface area is 760 Å². The summed E-state index contributed by atoms with van der Waals surface area (Å²) in [6.45, 7) is 0.542. The Morgan fingerprint density at radius 3 is 1.07 bits per heavy atom. The van der Waals surface area contributed by atoms with E-state index in [1.54, 1.807) is 83.4 Å². The monoisotopic (exact) mass is 1850 g/mol. The van der Waals surface area contributed by atoms with Crippen molar-refractivity contribution in [1.82, 2.24) is 19.6 Å². The number of aliphatic imine (C=N–C) groups is 12. The highest BCUT2D eigenvalue weighted by Crippen LogP contribution is 2.35. The molecule has 0 spiro atoms. The molecule has 0 bridgehead atoms. The largest absolute Gasteiger partial charge is 0.504 e. The summed E-state index contributed by atoms with van der Waals surface area (Å²) in [5.74, 6) is -4.06.